The number of phenolic OH excluding ortho intramolecular Hbond substituents is 1. The van der Waals surface area contributed by atoms with Crippen molar-refractivity contribution in [3.05, 3.63) is 35.4 Å². The number of imide groups is 2. The summed E-state index contributed by atoms with van der Waals surface area (Å²) >= 11 is 0. The summed E-state index contributed by atoms with van der Waals surface area (Å²) in [7, 11) is 4.45. The Morgan fingerprint density at radius 3 is 2.19 bits per heavy atom. The Hall–Kier alpha value is -3.16. The molecule has 5 rings (SSSR count). The van der Waals surface area contributed by atoms with Gasteiger partial charge in [0.25, 0.3) is 0 Å². The van der Waals surface area contributed by atoms with Crippen LogP contribution in [0.4, 0.5) is 0 Å². The quantitative estimate of drug-likeness (QED) is 0.567. The minimum atomic E-state index is -0.589. The first-order valence-electron chi connectivity index (χ1n) is 10.5. The third-order valence-corrected chi connectivity index (χ3v) is 7.65. The SMILES string of the molecule is COc1ccc([C@H]2C3=CC[C@@H]4C(=O)N(C)C(=O)[C@@H]4[C@@H]3C[C@H]3C(=O)N(C)C(=O)[C@@H]23)cc1O. The standard InChI is InChI=1S/C23H24N2O6/c1-24-20(27)12-6-5-11-13(18(12)22(24)29)9-14-19(23(30)25(2)21(14)28)17(11)10-4-7-16(31-3)15(26)8-10/h4-5,7-8,12-14,17-19,26H,6,9H2,1-3H3/t12-,13+,14+,17-,18-,19+/m0/s1. The fraction of sp³-hybridized carbons (Fsp3) is 0.478. The minimum Gasteiger partial charge on any atom is -0.504 e. The zero-order valence-corrected chi connectivity index (χ0v) is 17.6. The summed E-state index contributed by atoms with van der Waals surface area (Å²) in [6.45, 7) is 0. The molecule has 1 saturated carbocycles. The number of ether oxygens (including phenoxy) is 1. The Morgan fingerprint density at radius 1 is 0.903 bits per heavy atom. The largest absolute Gasteiger partial charge is 0.504 e. The fourth-order valence-corrected chi connectivity index (χ4v) is 6.18. The third-order valence-electron chi connectivity index (χ3n) is 7.65. The van der Waals surface area contributed by atoms with Crippen LogP contribution in [0.5, 0.6) is 11.5 Å². The van der Waals surface area contributed by atoms with Gasteiger partial charge in [-0.25, -0.2) is 0 Å². The van der Waals surface area contributed by atoms with Crippen LogP contribution in [-0.2, 0) is 19.2 Å². The predicted octanol–water partition coefficient (Wildman–Crippen LogP) is 1.30. The van der Waals surface area contributed by atoms with Gasteiger partial charge in [-0.1, -0.05) is 17.7 Å². The average molecular weight is 424 g/mol. The molecule has 0 radical (unpaired) electrons. The van der Waals surface area contributed by atoms with E-state index in [1.165, 1.54) is 31.0 Å². The minimum absolute atomic E-state index is 0.0510. The van der Waals surface area contributed by atoms with Crippen LogP contribution in [0.15, 0.2) is 29.8 Å². The van der Waals surface area contributed by atoms with Gasteiger partial charge in [-0.3, -0.25) is 29.0 Å². The van der Waals surface area contributed by atoms with Crippen molar-refractivity contribution in [1.29, 1.82) is 0 Å². The first kappa shape index (κ1) is 19.8. The summed E-state index contributed by atoms with van der Waals surface area (Å²) in [5, 5.41) is 10.4. The molecule has 162 valence electrons. The number of hydrogen-bond acceptors (Lipinski definition) is 6. The highest BCUT2D eigenvalue weighted by atomic mass is 16.5. The molecule has 6 atom stereocenters. The molecule has 2 heterocycles. The van der Waals surface area contributed by atoms with Gasteiger partial charge in [0.15, 0.2) is 11.5 Å². The van der Waals surface area contributed by atoms with Crippen molar-refractivity contribution in [1.82, 2.24) is 9.80 Å². The molecule has 8 heteroatoms. The number of carbonyl (C=O) groups excluding carboxylic acids is 4. The van der Waals surface area contributed by atoms with Crippen LogP contribution in [0, 0.1) is 29.6 Å². The van der Waals surface area contributed by atoms with Crippen LogP contribution in [0.3, 0.4) is 0 Å². The van der Waals surface area contributed by atoms with Crippen molar-refractivity contribution >= 4 is 23.6 Å². The van der Waals surface area contributed by atoms with Gasteiger partial charge in [0.2, 0.25) is 23.6 Å². The second kappa shape index (κ2) is 6.67. The number of allylic oxidation sites excluding steroid dienone is 2. The molecule has 3 fully saturated rings. The molecule has 4 amide bonds. The van der Waals surface area contributed by atoms with Crippen LogP contribution in [0.2, 0.25) is 0 Å². The van der Waals surface area contributed by atoms with Gasteiger partial charge < -0.3 is 9.84 Å². The lowest BCUT2D eigenvalue weighted by Crippen LogP contribution is -2.42. The molecular formula is C23H24N2O6. The van der Waals surface area contributed by atoms with Crippen molar-refractivity contribution in [3.8, 4) is 11.5 Å². The van der Waals surface area contributed by atoms with E-state index in [0.717, 1.165) is 5.57 Å². The lowest BCUT2D eigenvalue weighted by atomic mass is 9.57. The van der Waals surface area contributed by atoms with E-state index >= 15 is 0 Å². The number of likely N-dealkylation sites (tertiary alicyclic amines) is 2. The Labute approximate surface area is 179 Å². The highest BCUT2D eigenvalue weighted by molar-refractivity contribution is 6.07. The van der Waals surface area contributed by atoms with E-state index in [1.807, 2.05) is 6.08 Å². The van der Waals surface area contributed by atoms with Crippen molar-refractivity contribution < 1.29 is 29.0 Å². The molecule has 0 aromatic heterocycles. The van der Waals surface area contributed by atoms with Crippen molar-refractivity contribution in [2.75, 3.05) is 21.2 Å². The highest BCUT2D eigenvalue weighted by Gasteiger charge is 2.60. The molecular weight excluding hydrogens is 400 g/mol. The molecule has 1 aromatic rings. The summed E-state index contributed by atoms with van der Waals surface area (Å²) in [5.74, 6) is -3.45. The van der Waals surface area contributed by atoms with Crippen molar-refractivity contribution in [2.45, 2.75) is 18.8 Å². The smallest absolute Gasteiger partial charge is 0.233 e. The van der Waals surface area contributed by atoms with Crippen LogP contribution >= 0.6 is 0 Å². The van der Waals surface area contributed by atoms with Crippen molar-refractivity contribution in [3.63, 3.8) is 0 Å². The zero-order valence-electron chi connectivity index (χ0n) is 17.6. The Balaban J connectivity index is 1.66. The van der Waals surface area contributed by atoms with E-state index < -0.39 is 29.6 Å². The molecule has 2 aliphatic carbocycles. The van der Waals surface area contributed by atoms with Crippen LogP contribution in [-0.4, -0.2) is 59.7 Å². The van der Waals surface area contributed by atoms with Gasteiger partial charge in [0.05, 0.1) is 30.8 Å². The van der Waals surface area contributed by atoms with Crippen molar-refractivity contribution in [2.24, 2.45) is 29.6 Å². The molecule has 0 bridgehead atoms. The molecule has 1 aromatic carbocycles. The number of phenols is 1. The highest BCUT2D eigenvalue weighted by Crippen LogP contribution is 2.57. The van der Waals surface area contributed by atoms with Gasteiger partial charge in [0, 0.05) is 20.0 Å². The first-order chi connectivity index (χ1) is 14.8. The fourth-order valence-electron chi connectivity index (χ4n) is 6.18. The summed E-state index contributed by atoms with van der Waals surface area (Å²) in [6.07, 6.45) is 2.78. The van der Waals surface area contributed by atoms with Gasteiger partial charge >= 0.3 is 0 Å². The number of hydrogen-bond donors (Lipinski definition) is 1. The van der Waals surface area contributed by atoms with Gasteiger partial charge in [-0.05, 0) is 36.5 Å². The number of aromatic hydroxyl groups is 1. The number of methoxy groups -OCH3 is 1. The lowest BCUT2D eigenvalue weighted by molar-refractivity contribution is -0.140. The van der Waals surface area contributed by atoms with Gasteiger partial charge in [-0.15, -0.1) is 0 Å². The maximum absolute atomic E-state index is 13.1. The van der Waals surface area contributed by atoms with E-state index in [-0.39, 0.29) is 35.3 Å². The molecule has 1 N–H and O–H groups in total. The Kier molecular flexibility index (Phi) is 4.26. The lowest BCUT2D eigenvalue weighted by Gasteiger charge is -2.44. The summed E-state index contributed by atoms with van der Waals surface area (Å²) in [5.41, 5.74) is 1.62. The number of amides is 4. The summed E-state index contributed by atoms with van der Waals surface area (Å²) in [4.78, 5) is 53.9. The topological polar surface area (TPSA) is 104 Å². The summed E-state index contributed by atoms with van der Waals surface area (Å²) < 4.78 is 5.15. The first-order valence-corrected chi connectivity index (χ1v) is 10.5. The zero-order chi connectivity index (χ0) is 22.2. The maximum atomic E-state index is 13.1. The number of carbonyl (C=O) groups is 4. The molecule has 2 saturated heterocycles. The molecule has 31 heavy (non-hydrogen) atoms. The third kappa shape index (κ3) is 2.53. The monoisotopic (exact) mass is 424 g/mol. The average Bonchev–Trinajstić information content (AvgIpc) is 3.12. The predicted molar refractivity (Wildman–Crippen MR) is 108 cm³/mol. The molecule has 2 aliphatic heterocycles. The number of fused-ring (bicyclic) bond motifs is 4. The van der Waals surface area contributed by atoms with Gasteiger partial charge in [0.1, 0.15) is 0 Å². The van der Waals surface area contributed by atoms with E-state index in [1.54, 1.807) is 18.2 Å². The normalized spacial score (nSPS) is 34.5. The molecule has 0 spiro atoms. The molecule has 4 aliphatic rings. The number of benzene rings is 1. The second-order valence-corrected chi connectivity index (χ2v) is 8.93. The van der Waals surface area contributed by atoms with E-state index in [4.69, 9.17) is 4.74 Å². The summed E-state index contributed by atoms with van der Waals surface area (Å²) in [6, 6.07) is 5.00. The molecule has 8 nitrogen and oxygen atoms in total. The molecule has 0 unspecified atom stereocenters. The second-order valence-electron chi connectivity index (χ2n) is 8.93. The Morgan fingerprint density at radius 2 is 1.55 bits per heavy atom. The van der Waals surface area contributed by atoms with Crippen LogP contribution in [0.25, 0.3) is 0 Å². The van der Waals surface area contributed by atoms with Crippen LogP contribution < -0.4 is 4.74 Å². The van der Waals surface area contributed by atoms with Crippen LogP contribution in [0.1, 0.15) is 24.3 Å². The number of rotatable bonds is 2. The van der Waals surface area contributed by atoms with Gasteiger partial charge in [-0.2, -0.15) is 0 Å². The van der Waals surface area contributed by atoms with E-state index in [0.29, 0.717) is 24.2 Å². The van der Waals surface area contributed by atoms with E-state index in [9.17, 15) is 24.3 Å². The maximum Gasteiger partial charge on any atom is 0.233 e. The number of nitrogens with zero attached hydrogens (tertiary/aromatic N) is 2. The Bertz CT molecular complexity index is 1060. The van der Waals surface area contributed by atoms with E-state index in [2.05, 4.69) is 0 Å².